The lowest BCUT2D eigenvalue weighted by Gasteiger charge is -2.15. The maximum atomic E-state index is 13.5. The summed E-state index contributed by atoms with van der Waals surface area (Å²) >= 11 is 23.9. The second-order valence-electron chi connectivity index (χ2n) is 29.6. The highest BCUT2D eigenvalue weighted by Crippen LogP contribution is 2.36. The van der Waals surface area contributed by atoms with Crippen LogP contribution < -0.4 is 50.4 Å². The molecule has 704 valence electrons. The van der Waals surface area contributed by atoms with Gasteiger partial charge in [0.1, 0.15) is 51.1 Å². The van der Waals surface area contributed by atoms with Gasteiger partial charge < -0.3 is 38.7 Å². The second-order valence-corrected chi connectivity index (χ2v) is 31.2. The third-order valence-electron chi connectivity index (χ3n) is 19.0. The van der Waals surface area contributed by atoms with Crippen molar-refractivity contribution in [1.29, 1.82) is 0 Å². The molecular weight excluding hydrogens is 1870 g/mol. The molecule has 3 aromatic heterocycles. The average Bonchev–Trinajstić information content (AvgIpc) is 0.799. The number of nitrogens with zero attached hydrogens (tertiary/aromatic N) is 4. The normalized spacial score (nSPS) is 10.3. The van der Waals surface area contributed by atoms with Gasteiger partial charge in [0.2, 0.25) is 0 Å². The molecule has 0 unspecified atom stereocenters. The summed E-state index contributed by atoms with van der Waals surface area (Å²) in [6, 6.07) is 83.4. The molecule has 0 aliphatic rings. The Labute approximate surface area is 809 Å². The Kier molecular flexibility index (Phi) is 39.5. The first-order chi connectivity index (χ1) is 65.9. The van der Waals surface area contributed by atoms with Crippen LogP contribution in [0.25, 0.3) is 5.69 Å². The van der Waals surface area contributed by atoms with Gasteiger partial charge in [0.15, 0.2) is 5.43 Å². The quantitative estimate of drug-likeness (QED) is 0.0260. The van der Waals surface area contributed by atoms with E-state index in [4.69, 9.17) is 75.2 Å². The first kappa shape index (κ1) is 105. The number of carbonyl (C=O) groups is 9. The standard InChI is InChI=1S/C20H17Cl2NO.C15H11ClFNO3.C15H12FNO3.2C15H13NO3.C14H9ClF3NO2.C11H10N2O/c1-13-6-8-15(9-7-13)23-11-10-20(24)16(14(23)2)12-17-18(21)4-3-5-19(17)22;1-9-5-7-10(8-6-9)21-15(20)18-14(19)13-11(16)3-2-4-12(13)17;1-10-6-8-11(9-7-10)20-15(19)17-14(18)12-4-2-3-5-13(12)16;1-10-6-8-11(9-7-10)16-14(17)12-4-2-3-5-13(12)15(18)19;1-11-7-9-13(10-8-11)19-15(18)16-14(17)12-5-3-2-4-6-12;1-8-2-4-9(5-3-8)21-13(20)11-10(14(16,17)18)6-7-19-12(11)15;1-9-3-5-10(6-4-9)14-11-12-7-2-8-13-11/h3-11H,12H2,1-2H3;2-8H,1H3,(H,18,19,20);2-9H,1H3,(H,17,18,19);2-9H,1H3,(H,16,17)(H,18,19);2-10H,1H3,(H,16,17,18);2-7H,1H3;2-8H,1H3. The van der Waals surface area contributed by atoms with Gasteiger partial charge in [0.05, 0.1) is 32.8 Å². The van der Waals surface area contributed by atoms with Crippen LogP contribution in [0, 0.1) is 67.0 Å². The molecule has 0 aliphatic carbocycles. The number of carbonyl (C=O) groups excluding carboxylic acids is 8. The summed E-state index contributed by atoms with van der Waals surface area (Å²) in [5.41, 5.74) is 9.45. The molecule has 0 bridgehead atoms. The van der Waals surface area contributed by atoms with E-state index in [-0.39, 0.29) is 38.6 Å². The van der Waals surface area contributed by atoms with E-state index in [1.165, 1.54) is 65.7 Å². The molecule has 0 saturated heterocycles. The van der Waals surface area contributed by atoms with Crippen LogP contribution in [0.1, 0.15) is 123 Å². The summed E-state index contributed by atoms with van der Waals surface area (Å²) in [6.45, 7) is 15.5. The summed E-state index contributed by atoms with van der Waals surface area (Å²) in [7, 11) is 0. The minimum atomic E-state index is -4.73. The molecule has 24 nitrogen and oxygen atoms in total. The van der Waals surface area contributed by atoms with Crippen LogP contribution in [0.4, 0.5) is 42.0 Å². The highest BCUT2D eigenvalue weighted by Gasteiger charge is 2.38. The van der Waals surface area contributed by atoms with Crippen LogP contribution in [0.15, 0.2) is 333 Å². The number of nitrogens with one attached hydrogen (secondary N) is 4. The van der Waals surface area contributed by atoms with E-state index in [9.17, 15) is 69.9 Å². The number of benzene rings is 12. The van der Waals surface area contributed by atoms with Crippen molar-refractivity contribution in [1.82, 2.24) is 35.5 Å². The van der Waals surface area contributed by atoms with Gasteiger partial charge in [-0.3, -0.25) is 39.9 Å². The Bertz CT molecular complexity index is 6780. The van der Waals surface area contributed by atoms with E-state index in [2.05, 4.69) is 37.7 Å². The number of hydrogen-bond acceptors (Lipinski definition) is 18. The van der Waals surface area contributed by atoms with E-state index < -0.39 is 93.5 Å². The Morgan fingerprint density at radius 3 is 1.25 bits per heavy atom. The molecular formula is C105H85Cl4F5N8O16. The zero-order valence-electron chi connectivity index (χ0n) is 74.6. The Balaban J connectivity index is 0.000000181. The molecule has 0 saturated carbocycles. The van der Waals surface area contributed by atoms with Gasteiger partial charge in [-0.15, -0.1) is 0 Å². The lowest BCUT2D eigenvalue weighted by molar-refractivity contribution is -0.138. The molecule has 5 N–H and O–H groups in total. The molecule has 0 aliphatic heterocycles. The Hall–Kier alpha value is -16.3. The van der Waals surface area contributed by atoms with Crippen molar-refractivity contribution in [3.63, 3.8) is 0 Å². The molecule has 0 atom stereocenters. The van der Waals surface area contributed by atoms with Crippen molar-refractivity contribution in [2.45, 2.75) is 68.0 Å². The molecule has 138 heavy (non-hydrogen) atoms. The topological polar surface area (TPSA) is 329 Å². The number of alkyl halides is 3. The number of pyridine rings is 2. The summed E-state index contributed by atoms with van der Waals surface area (Å²) in [4.78, 5) is 129. The van der Waals surface area contributed by atoms with Gasteiger partial charge in [-0.25, -0.2) is 47.7 Å². The van der Waals surface area contributed by atoms with Crippen molar-refractivity contribution in [2.75, 3.05) is 5.32 Å². The fourth-order valence-electron chi connectivity index (χ4n) is 11.8. The predicted octanol–water partition coefficient (Wildman–Crippen LogP) is 24.9. The molecule has 0 radical (unpaired) electrons. The third kappa shape index (κ3) is 33.4. The fraction of sp³-hybridized carbons (Fsp3) is 0.0952. The number of anilines is 1. The predicted molar refractivity (Wildman–Crippen MR) is 515 cm³/mol. The number of esters is 1. The zero-order valence-corrected chi connectivity index (χ0v) is 77.7. The number of hydrogen-bond donors (Lipinski definition) is 5. The van der Waals surface area contributed by atoms with Crippen molar-refractivity contribution < 1.29 is 93.9 Å². The van der Waals surface area contributed by atoms with Crippen LogP contribution in [0.5, 0.6) is 34.8 Å². The van der Waals surface area contributed by atoms with E-state index in [0.29, 0.717) is 56.9 Å². The molecule has 33 heteroatoms. The molecule has 15 rings (SSSR count). The molecule has 7 amide bonds. The van der Waals surface area contributed by atoms with E-state index in [0.717, 1.165) is 68.8 Å². The number of ether oxygens (including phenoxy) is 5. The lowest BCUT2D eigenvalue weighted by Crippen LogP contribution is -2.33. The molecule has 0 fully saturated rings. The lowest BCUT2D eigenvalue weighted by atomic mass is 10.0. The number of carboxylic acid groups (broad SMARTS) is 1. The van der Waals surface area contributed by atoms with Gasteiger partial charge in [-0.1, -0.05) is 225 Å². The highest BCUT2D eigenvalue weighted by molar-refractivity contribution is 6.36. The van der Waals surface area contributed by atoms with Crippen LogP contribution in [0.2, 0.25) is 20.2 Å². The summed E-state index contributed by atoms with van der Waals surface area (Å²) < 4.78 is 92.7. The third-order valence-corrected chi connectivity index (χ3v) is 20.3. The van der Waals surface area contributed by atoms with Crippen molar-refractivity contribution in [2.24, 2.45) is 0 Å². The summed E-state index contributed by atoms with van der Waals surface area (Å²) in [5, 5.41) is 18.3. The SMILES string of the molecule is Cc1ccc(-n2ccc(=O)c(Cc3c(Cl)cccc3Cl)c2C)cc1.Cc1ccc(NC(=O)c2ccccc2C(=O)O)cc1.Cc1ccc(OC(=O)NC(=O)c2c(F)cccc2Cl)cc1.Cc1ccc(OC(=O)NC(=O)c2ccccc2)cc1.Cc1ccc(OC(=O)NC(=O)c2ccccc2F)cc1.Cc1ccc(OC(=O)c2c(C(F)(F)F)ccnc2Cl)cc1.Cc1ccc(Oc2ncccn2)cc1. The first-order valence-corrected chi connectivity index (χ1v) is 42.8. The number of aromatic carboxylic acids is 1. The first-order valence-electron chi connectivity index (χ1n) is 41.3. The van der Waals surface area contributed by atoms with Gasteiger partial charge in [-0.2, -0.15) is 13.2 Å². The number of amides is 7. The Morgan fingerprint density at radius 1 is 0.377 bits per heavy atom. The summed E-state index contributed by atoms with van der Waals surface area (Å²) in [6.07, 6.45) is -1.09. The number of aromatic nitrogens is 4. The number of aryl methyl sites for hydroxylation is 7. The minimum absolute atomic E-state index is 0.00730. The summed E-state index contributed by atoms with van der Waals surface area (Å²) in [5.74, 6) is -4.73. The van der Waals surface area contributed by atoms with E-state index >= 15 is 0 Å². The van der Waals surface area contributed by atoms with Crippen LogP contribution in [-0.2, 0) is 12.6 Å². The minimum Gasteiger partial charge on any atom is -0.478 e. The smallest absolute Gasteiger partial charge is 0.419 e. The molecule has 12 aromatic carbocycles. The monoisotopic (exact) mass is 1950 g/mol. The highest BCUT2D eigenvalue weighted by atomic mass is 35.5. The number of carboxylic acids is 1. The second kappa shape index (κ2) is 51.8. The fourth-order valence-corrected chi connectivity index (χ4v) is 12.8. The van der Waals surface area contributed by atoms with Crippen molar-refractivity contribution >= 4 is 106 Å². The number of rotatable bonds is 16. The maximum Gasteiger partial charge on any atom is 0.419 e. The van der Waals surface area contributed by atoms with Crippen LogP contribution in [-0.4, -0.2) is 78.5 Å². The Morgan fingerprint density at radius 2 is 0.783 bits per heavy atom. The zero-order chi connectivity index (χ0) is 100. The van der Waals surface area contributed by atoms with Crippen molar-refractivity contribution in [3.05, 3.63) is 465 Å². The van der Waals surface area contributed by atoms with Gasteiger partial charge >= 0.3 is 42.4 Å². The number of imide groups is 3. The van der Waals surface area contributed by atoms with E-state index in [1.807, 2.05) is 131 Å². The maximum absolute atomic E-state index is 13.5. The molecule has 3 heterocycles. The number of halogens is 9. The van der Waals surface area contributed by atoms with Gasteiger partial charge in [-0.05, 0) is 219 Å². The van der Waals surface area contributed by atoms with Crippen molar-refractivity contribution in [3.8, 4) is 40.4 Å². The molecule has 0 spiro atoms. The molecule has 15 aromatic rings. The van der Waals surface area contributed by atoms with Gasteiger partial charge in [0.25, 0.3) is 23.6 Å². The van der Waals surface area contributed by atoms with E-state index in [1.54, 1.807) is 176 Å². The van der Waals surface area contributed by atoms with Crippen LogP contribution >= 0.6 is 46.4 Å². The average molecular weight is 1950 g/mol. The van der Waals surface area contributed by atoms with Crippen LogP contribution in [0.3, 0.4) is 0 Å². The van der Waals surface area contributed by atoms with Gasteiger partial charge in [0, 0.05) is 75.5 Å². The largest absolute Gasteiger partial charge is 0.478 e.